The second kappa shape index (κ2) is 12.5. The summed E-state index contributed by atoms with van der Waals surface area (Å²) in [6.45, 7) is 5.41. The Morgan fingerprint density at radius 3 is 2.65 bits per heavy atom. The molecule has 2 aliphatic rings. The van der Waals surface area contributed by atoms with Crippen LogP contribution in [0.25, 0.3) is 56.0 Å². The van der Waals surface area contributed by atoms with Crippen LogP contribution in [-0.2, 0) is 0 Å². The minimum Gasteiger partial charge on any atom is -0.492 e. The first-order chi connectivity index (χ1) is 22.7. The Morgan fingerprint density at radius 2 is 1.76 bits per heavy atom. The molecule has 6 aromatic rings. The highest BCUT2D eigenvalue weighted by Crippen LogP contribution is 2.33. The molecule has 0 saturated carbocycles. The maximum atomic E-state index is 14.8. The van der Waals surface area contributed by atoms with E-state index in [1.165, 1.54) is 25.0 Å². The van der Waals surface area contributed by atoms with Crippen molar-refractivity contribution in [3.05, 3.63) is 67.0 Å². The number of aromatic amines is 2. The first-order valence-electron chi connectivity index (χ1n) is 15.8. The predicted octanol–water partition coefficient (Wildman–Crippen LogP) is 5.37. The average molecular weight is 620 g/mol. The number of benzene rings is 1. The second-order valence-corrected chi connectivity index (χ2v) is 11.9. The van der Waals surface area contributed by atoms with Crippen LogP contribution in [0.1, 0.15) is 25.7 Å². The van der Waals surface area contributed by atoms with Crippen LogP contribution in [0.3, 0.4) is 0 Å². The van der Waals surface area contributed by atoms with E-state index in [0.29, 0.717) is 40.6 Å². The van der Waals surface area contributed by atoms with E-state index in [1.54, 1.807) is 24.8 Å². The molecule has 2 fully saturated rings. The number of pyridine rings is 3. The molecule has 0 unspecified atom stereocenters. The monoisotopic (exact) mass is 619 g/mol. The highest BCUT2D eigenvalue weighted by atomic mass is 19.1. The largest absolute Gasteiger partial charge is 0.492 e. The van der Waals surface area contributed by atoms with Crippen molar-refractivity contribution in [2.45, 2.75) is 31.8 Å². The van der Waals surface area contributed by atoms with E-state index in [-0.39, 0.29) is 11.9 Å². The van der Waals surface area contributed by atoms with E-state index >= 15 is 0 Å². The van der Waals surface area contributed by atoms with Gasteiger partial charge in [0.15, 0.2) is 5.82 Å². The van der Waals surface area contributed by atoms with Crippen LogP contribution in [0.2, 0.25) is 0 Å². The van der Waals surface area contributed by atoms with E-state index in [4.69, 9.17) is 14.5 Å². The van der Waals surface area contributed by atoms with Crippen molar-refractivity contribution in [1.82, 2.24) is 45.3 Å². The lowest BCUT2D eigenvalue weighted by Crippen LogP contribution is -2.34. The van der Waals surface area contributed by atoms with Gasteiger partial charge in [0.2, 0.25) is 0 Å². The molecule has 12 heteroatoms. The average Bonchev–Trinajstić information content (AvgIpc) is 3.85. The van der Waals surface area contributed by atoms with E-state index in [1.807, 2.05) is 24.3 Å². The van der Waals surface area contributed by atoms with E-state index < -0.39 is 0 Å². The first-order valence-corrected chi connectivity index (χ1v) is 15.8. The third-order valence-electron chi connectivity index (χ3n) is 8.69. The van der Waals surface area contributed by atoms with Crippen molar-refractivity contribution in [1.29, 1.82) is 0 Å². The minimum atomic E-state index is -0.388. The molecule has 0 spiro atoms. The summed E-state index contributed by atoms with van der Waals surface area (Å²) in [7, 11) is 0. The van der Waals surface area contributed by atoms with Crippen molar-refractivity contribution in [3.8, 4) is 45.5 Å². The lowest BCUT2D eigenvalue weighted by atomic mass is 10.1. The zero-order valence-corrected chi connectivity index (χ0v) is 25.3. The number of likely N-dealkylation sites (tertiary alicyclic amines) is 1. The van der Waals surface area contributed by atoms with Gasteiger partial charge in [-0.1, -0.05) is 0 Å². The summed E-state index contributed by atoms with van der Waals surface area (Å²) < 4.78 is 27.0. The molecule has 8 rings (SSSR count). The van der Waals surface area contributed by atoms with Gasteiger partial charge in [0.25, 0.3) is 0 Å². The van der Waals surface area contributed by atoms with Gasteiger partial charge in [-0.3, -0.25) is 25.0 Å². The third kappa shape index (κ3) is 5.88. The van der Waals surface area contributed by atoms with E-state index in [9.17, 15) is 4.39 Å². The maximum Gasteiger partial charge on any atom is 0.159 e. The SMILES string of the molecule is Fc1cc(OCCN2CCCC2)cc(-c2nccc3[nH]c(-c4n[nH]c5cnc(-c6cncc(OC7CCNCC7)c6)cc45)nc23)c1. The van der Waals surface area contributed by atoms with Gasteiger partial charge in [0.1, 0.15) is 41.2 Å². The summed E-state index contributed by atoms with van der Waals surface area (Å²) in [6.07, 6.45) is 11.5. The molecular weight excluding hydrogens is 585 g/mol. The van der Waals surface area contributed by atoms with E-state index in [0.717, 1.165) is 79.0 Å². The Hall–Kier alpha value is -4.94. The highest BCUT2D eigenvalue weighted by Gasteiger charge is 2.19. The summed E-state index contributed by atoms with van der Waals surface area (Å²) >= 11 is 0. The molecule has 0 amide bonds. The smallest absolute Gasteiger partial charge is 0.159 e. The number of nitrogens with one attached hydrogen (secondary N) is 3. The number of rotatable bonds is 9. The summed E-state index contributed by atoms with van der Waals surface area (Å²) in [6, 6.07) is 10.5. The topological polar surface area (TPSA) is 130 Å². The number of hydrogen-bond donors (Lipinski definition) is 3. The molecule has 1 aromatic carbocycles. The molecule has 2 saturated heterocycles. The van der Waals surface area contributed by atoms with Gasteiger partial charge >= 0.3 is 0 Å². The number of hydrogen-bond acceptors (Lipinski definition) is 9. The zero-order chi connectivity index (χ0) is 30.9. The lowest BCUT2D eigenvalue weighted by molar-refractivity contribution is 0.162. The maximum absolute atomic E-state index is 14.8. The molecule has 0 aliphatic carbocycles. The summed E-state index contributed by atoms with van der Waals surface area (Å²) in [4.78, 5) is 24.3. The van der Waals surface area contributed by atoms with Gasteiger partial charge in [-0.2, -0.15) is 5.10 Å². The Balaban J connectivity index is 1.08. The summed E-state index contributed by atoms with van der Waals surface area (Å²) in [5, 5.41) is 11.9. The molecule has 0 bridgehead atoms. The van der Waals surface area contributed by atoms with Gasteiger partial charge in [-0.05, 0) is 82.2 Å². The fourth-order valence-corrected chi connectivity index (χ4v) is 6.32. The molecular formula is C34H34FN9O2. The van der Waals surface area contributed by atoms with Gasteiger partial charge in [0, 0.05) is 41.5 Å². The summed E-state index contributed by atoms with van der Waals surface area (Å²) in [5.41, 5.74) is 5.53. The molecule has 234 valence electrons. The quantitative estimate of drug-likeness (QED) is 0.196. The summed E-state index contributed by atoms with van der Waals surface area (Å²) in [5.74, 6) is 1.38. The molecule has 46 heavy (non-hydrogen) atoms. The number of piperidine rings is 1. The van der Waals surface area contributed by atoms with Crippen molar-refractivity contribution in [3.63, 3.8) is 0 Å². The van der Waals surface area contributed by atoms with Crippen LogP contribution < -0.4 is 14.8 Å². The fourth-order valence-electron chi connectivity index (χ4n) is 6.32. The van der Waals surface area contributed by atoms with Crippen molar-refractivity contribution >= 4 is 21.9 Å². The van der Waals surface area contributed by atoms with Crippen LogP contribution in [0, 0.1) is 5.82 Å². The molecule has 5 aromatic heterocycles. The van der Waals surface area contributed by atoms with Gasteiger partial charge < -0.3 is 19.8 Å². The van der Waals surface area contributed by atoms with Crippen molar-refractivity contribution in [2.75, 3.05) is 39.3 Å². The normalized spacial score (nSPS) is 16.0. The Kier molecular flexibility index (Phi) is 7.72. The van der Waals surface area contributed by atoms with Crippen LogP contribution >= 0.6 is 0 Å². The van der Waals surface area contributed by atoms with Crippen LogP contribution in [0.15, 0.2) is 61.2 Å². The van der Waals surface area contributed by atoms with E-state index in [2.05, 4.69) is 40.3 Å². The van der Waals surface area contributed by atoms with Crippen molar-refractivity contribution < 1.29 is 13.9 Å². The van der Waals surface area contributed by atoms with Crippen LogP contribution in [0.4, 0.5) is 4.39 Å². The number of aromatic nitrogens is 7. The van der Waals surface area contributed by atoms with Crippen LogP contribution in [0.5, 0.6) is 11.5 Å². The molecule has 11 nitrogen and oxygen atoms in total. The van der Waals surface area contributed by atoms with Gasteiger partial charge in [-0.25, -0.2) is 9.37 Å². The standard InChI is InChI=1S/C34H34FN9O2/c35-23-13-21(14-25(16-23)45-12-11-44-9-1-2-10-44)31-33-28(5-8-38-31)40-34(41-33)32-27-17-29(39-20-30(27)42-43-32)22-15-26(19-37-18-22)46-24-3-6-36-7-4-24/h5,8,13-20,24,36H,1-4,6-7,9-12H2,(H,40,41)(H,42,43). The number of imidazole rings is 1. The van der Waals surface area contributed by atoms with Gasteiger partial charge in [-0.15, -0.1) is 0 Å². The Labute approximate surface area is 264 Å². The first kappa shape index (κ1) is 28.5. The number of ether oxygens (including phenoxy) is 2. The predicted molar refractivity (Wildman–Crippen MR) is 173 cm³/mol. The Morgan fingerprint density at radius 1 is 0.891 bits per heavy atom. The fraction of sp³-hybridized carbons (Fsp3) is 0.324. The van der Waals surface area contributed by atoms with Crippen molar-refractivity contribution in [2.24, 2.45) is 0 Å². The Bertz CT molecular complexity index is 2000. The number of halogens is 1. The third-order valence-corrected chi connectivity index (χ3v) is 8.69. The molecule has 0 atom stereocenters. The van der Waals surface area contributed by atoms with Crippen LogP contribution in [-0.4, -0.2) is 85.5 Å². The highest BCUT2D eigenvalue weighted by molar-refractivity contribution is 5.97. The number of H-pyrrole nitrogens is 2. The molecule has 2 aliphatic heterocycles. The lowest BCUT2D eigenvalue weighted by Gasteiger charge is -2.23. The molecule has 7 heterocycles. The van der Waals surface area contributed by atoms with Gasteiger partial charge in [0.05, 0.1) is 34.8 Å². The number of fused-ring (bicyclic) bond motifs is 2. The second-order valence-electron chi connectivity index (χ2n) is 11.9. The molecule has 3 N–H and O–H groups in total. The zero-order valence-electron chi connectivity index (χ0n) is 25.3. The number of nitrogens with zero attached hydrogens (tertiary/aromatic N) is 6. The minimum absolute atomic E-state index is 0.174. The molecule has 0 radical (unpaired) electrons.